The van der Waals surface area contributed by atoms with Crippen molar-refractivity contribution in [2.24, 2.45) is 0 Å². The van der Waals surface area contributed by atoms with E-state index < -0.39 is 81.2 Å². The Bertz CT molecular complexity index is 1830. The van der Waals surface area contributed by atoms with E-state index in [1.54, 1.807) is 18.4 Å². The minimum Gasteiger partial charge on any atom is -0.432 e. The molecular formula is C26H35N10O11PS. The van der Waals surface area contributed by atoms with Gasteiger partial charge in [0, 0.05) is 24.9 Å². The second-order valence-electron chi connectivity index (χ2n) is 11.2. The molecule has 4 aromatic rings. The molecule has 0 radical (unpaired) electrons. The summed E-state index contributed by atoms with van der Waals surface area (Å²) in [5.41, 5.74) is 13.3. The number of imidazole rings is 2. The fourth-order valence-corrected chi connectivity index (χ4v) is 8.20. The van der Waals surface area contributed by atoms with Gasteiger partial charge < -0.3 is 45.4 Å². The lowest BCUT2D eigenvalue weighted by atomic mass is 10.1. The number of nitrogen functional groups attached to an aromatic ring is 2. The molecule has 0 spiro atoms. The quantitative estimate of drug-likeness (QED) is 0.0854. The van der Waals surface area contributed by atoms with E-state index in [-0.39, 0.29) is 18.1 Å². The molecule has 6 rings (SSSR count). The van der Waals surface area contributed by atoms with Crippen molar-refractivity contribution in [3.63, 3.8) is 0 Å². The number of hydrogen-bond acceptors (Lipinski definition) is 20. The van der Waals surface area contributed by atoms with Gasteiger partial charge in [0.25, 0.3) is 0 Å². The smallest absolute Gasteiger partial charge is 0.432 e. The first-order valence-electron chi connectivity index (χ1n) is 14.9. The third kappa shape index (κ3) is 7.28. The van der Waals surface area contributed by atoms with Crippen LogP contribution in [-0.4, -0.2) is 118 Å². The molecule has 21 nitrogen and oxygen atoms in total. The predicted molar refractivity (Wildman–Crippen MR) is 169 cm³/mol. The summed E-state index contributed by atoms with van der Waals surface area (Å²) < 4.78 is 57.3. The van der Waals surface area contributed by atoms with Gasteiger partial charge >= 0.3 is 13.0 Å². The van der Waals surface area contributed by atoms with Gasteiger partial charge in [0.15, 0.2) is 35.1 Å². The van der Waals surface area contributed by atoms with Crippen LogP contribution in [0.25, 0.3) is 22.3 Å². The van der Waals surface area contributed by atoms with Gasteiger partial charge in [-0.25, -0.2) is 39.3 Å². The number of fused-ring (bicyclic) bond motifs is 2. The average Bonchev–Trinajstić information content (AvgIpc) is 3.84. The number of ether oxygens (including phenoxy) is 5. The van der Waals surface area contributed by atoms with E-state index in [1.165, 1.54) is 37.0 Å². The van der Waals surface area contributed by atoms with Crippen LogP contribution in [0.2, 0.25) is 0 Å². The largest absolute Gasteiger partial charge is 0.509 e. The summed E-state index contributed by atoms with van der Waals surface area (Å²) in [5.74, 6) is -0.170. The molecule has 23 heteroatoms. The Hall–Kier alpha value is -3.73. The van der Waals surface area contributed by atoms with Gasteiger partial charge in [-0.15, -0.1) is 0 Å². The van der Waals surface area contributed by atoms with Crippen molar-refractivity contribution in [2.75, 3.05) is 37.7 Å². The summed E-state index contributed by atoms with van der Waals surface area (Å²) in [7, 11) is 1.38. The second kappa shape index (κ2) is 14.6. The molecule has 0 saturated carbocycles. The molecule has 2 aliphatic heterocycles. The van der Waals surface area contributed by atoms with Gasteiger partial charge in [-0.05, 0) is 13.8 Å². The third-order valence-corrected chi connectivity index (χ3v) is 11.0. The summed E-state index contributed by atoms with van der Waals surface area (Å²) >= 11 is 0.537. The Labute approximate surface area is 281 Å². The lowest BCUT2D eigenvalue weighted by Crippen LogP contribution is -2.37. The van der Waals surface area contributed by atoms with Crippen LogP contribution in [0.4, 0.5) is 16.4 Å². The molecule has 0 bridgehead atoms. The topological polar surface area (TPSA) is 278 Å². The minimum atomic E-state index is -4.33. The van der Waals surface area contributed by atoms with Gasteiger partial charge in [-0.2, -0.15) is 0 Å². The number of methoxy groups -OCH3 is 1. The summed E-state index contributed by atoms with van der Waals surface area (Å²) in [5, 5.41) is 21.2. The normalized spacial score (nSPS) is 26.9. The molecular weight excluding hydrogens is 691 g/mol. The summed E-state index contributed by atoms with van der Waals surface area (Å²) in [6.07, 6.45) is -2.87. The molecule has 0 aliphatic carbocycles. The van der Waals surface area contributed by atoms with Crippen LogP contribution < -0.4 is 11.5 Å². The first kappa shape index (κ1) is 35.1. The van der Waals surface area contributed by atoms with Crippen molar-refractivity contribution in [1.29, 1.82) is 0 Å². The van der Waals surface area contributed by atoms with Crippen molar-refractivity contribution in [2.45, 2.75) is 69.3 Å². The van der Waals surface area contributed by atoms with E-state index in [1.807, 2.05) is 0 Å². The first-order chi connectivity index (χ1) is 23.5. The molecule has 2 aliphatic rings. The number of nitrogens with zero attached hydrogens (tertiary/aromatic N) is 8. The highest BCUT2D eigenvalue weighted by atomic mass is 32.7. The molecule has 6 N–H and O–H groups in total. The third-order valence-electron chi connectivity index (χ3n) is 7.67. The number of aliphatic hydroxyl groups is 2. The predicted octanol–water partition coefficient (Wildman–Crippen LogP) is 1.15. The fraction of sp³-hybridized carbons (Fsp3) is 0.577. The Morgan fingerprint density at radius 3 is 2.31 bits per heavy atom. The van der Waals surface area contributed by atoms with Crippen LogP contribution in [0, 0.1) is 0 Å². The van der Waals surface area contributed by atoms with Crippen molar-refractivity contribution in [1.82, 2.24) is 39.0 Å². The zero-order chi connectivity index (χ0) is 34.9. The van der Waals surface area contributed by atoms with Gasteiger partial charge in [-0.1, -0.05) is 0 Å². The lowest BCUT2D eigenvalue weighted by molar-refractivity contribution is -0.0583. The van der Waals surface area contributed by atoms with Crippen molar-refractivity contribution in [3.05, 3.63) is 25.3 Å². The highest BCUT2D eigenvalue weighted by Gasteiger charge is 2.51. The number of anilines is 2. The first-order valence-corrected chi connectivity index (χ1v) is 18.0. The van der Waals surface area contributed by atoms with E-state index in [2.05, 4.69) is 29.9 Å². The number of rotatable bonds is 13. The number of aliphatic hydroxyl groups excluding tert-OH is 2. The zero-order valence-corrected chi connectivity index (χ0v) is 28.1. The SMILES string of the molecule is CO[C@@H]1[C@H](OP(=O)(OC[C@H]2O[C@@H](n3cnc4c(N)ncnc43)C[C@@H]2O)SCOC(=O)OC(C)C)[C@@H](CO)O[C@H]1n1cnc2c(N)ncnc21. The van der Waals surface area contributed by atoms with Crippen LogP contribution in [0.5, 0.6) is 0 Å². The number of carbonyl (C=O) groups excluding carboxylic acids is 1. The van der Waals surface area contributed by atoms with Gasteiger partial charge in [0.05, 0.1) is 38.1 Å². The molecule has 2 saturated heterocycles. The van der Waals surface area contributed by atoms with Crippen molar-refractivity contribution in [3.8, 4) is 0 Å². The van der Waals surface area contributed by atoms with E-state index in [9.17, 15) is 19.6 Å². The molecule has 0 aromatic carbocycles. The Kier molecular flexibility index (Phi) is 10.5. The fourth-order valence-electron chi connectivity index (χ4n) is 5.41. The maximum absolute atomic E-state index is 14.4. The summed E-state index contributed by atoms with van der Waals surface area (Å²) in [6.45, 7) is -2.03. The van der Waals surface area contributed by atoms with E-state index >= 15 is 0 Å². The maximum Gasteiger partial charge on any atom is 0.509 e. The van der Waals surface area contributed by atoms with Crippen LogP contribution in [-0.2, 0) is 37.3 Å². The second-order valence-corrected chi connectivity index (χ2v) is 15.1. The monoisotopic (exact) mass is 726 g/mol. The van der Waals surface area contributed by atoms with E-state index in [0.717, 1.165) is 0 Å². The average molecular weight is 727 g/mol. The molecule has 4 aromatic heterocycles. The van der Waals surface area contributed by atoms with Crippen molar-refractivity contribution < 1.29 is 52.3 Å². The summed E-state index contributed by atoms with van der Waals surface area (Å²) in [4.78, 5) is 36.9. The van der Waals surface area contributed by atoms with Gasteiger partial charge in [0.1, 0.15) is 54.3 Å². The Balaban J connectivity index is 1.21. The van der Waals surface area contributed by atoms with E-state index in [4.69, 9.17) is 44.2 Å². The minimum absolute atomic E-state index is 0.120. The van der Waals surface area contributed by atoms with Crippen LogP contribution >= 0.6 is 18.2 Å². The van der Waals surface area contributed by atoms with Gasteiger partial charge in [0.2, 0.25) is 0 Å². The number of carbonyl (C=O) groups is 1. The maximum atomic E-state index is 14.4. The highest BCUT2D eigenvalue weighted by molar-refractivity contribution is 8.55. The van der Waals surface area contributed by atoms with Gasteiger partial charge in [-0.3, -0.25) is 18.2 Å². The highest BCUT2D eigenvalue weighted by Crippen LogP contribution is 2.63. The number of nitrogens with two attached hydrogens (primary N) is 2. The Morgan fingerprint density at radius 1 is 1.02 bits per heavy atom. The van der Waals surface area contributed by atoms with E-state index in [0.29, 0.717) is 33.7 Å². The van der Waals surface area contributed by atoms with Crippen LogP contribution in [0.15, 0.2) is 25.3 Å². The zero-order valence-electron chi connectivity index (χ0n) is 26.4. The lowest BCUT2D eigenvalue weighted by Gasteiger charge is -2.28. The molecule has 1 unspecified atom stereocenters. The van der Waals surface area contributed by atoms with Crippen molar-refractivity contribution >= 4 is 58.3 Å². The number of hydrogen-bond donors (Lipinski definition) is 4. The van der Waals surface area contributed by atoms with Crippen LogP contribution in [0.1, 0.15) is 32.7 Å². The molecule has 266 valence electrons. The standard InChI is InChI=1S/C26H35N10O11PS/c1-12(2)44-26(39)42-11-49-48(40,43-6-15-13(38)4-16(45-15)35-9-33-17-21(27)29-7-31-23(17)35)47-19-14(5-37)46-25(20(19)41-3)36-10-34-18-22(28)30-8-32-24(18)36/h7-10,12-16,19-20,25,37-38H,4-6,11H2,1-3H3,(H2,27,29,31)(H2,28,30,32)/t13-,14+,15+,16+,19+,20+,25+,48?/m0/s1. The van der Waals surface area contributed by atoms with Crippen LogP contribution in [0.3, 0.4) is 0 Å². The Morgan fingerprint density at radius 2 is 1.67 bits per heavy atom. The molecule has 2 fully saturated rings. The summed E-state index contributed by atoms with van der Waals surface area (Å²) in [6, 6.07) is 0. The molecule has 0 amide bonds. The molecule has 6 heterocycles. The molecule has 49 heavy (non-hydrogen) atoms. The molecule has 8 atom stereocenters. The number of aromatic nitrogens is 8.